The lowest BCUT2D eigenvalue weighted by Gasteiger charge is -2.38. The normalized spacial score (nSPS) is 24.7. The van der Waals surface area contributed by atoms with E-state index in [0.717, 1.165) is 13.0 Å². The molecule has 1 heterocycles. The highest BCUT2D eigenvalue weighted by atomic mass is 16.4. The van der Waals surface area contributed by atoms with Gasteiger partial charge >= 0.3 is 5.97 Å². The van der Waals surface area contributed by atoms with Gasteiger partial charge in [-0.2, -0.15) is 0 Å². The van der Waals surface area contributed by atoms with Crippen molar-refractivity contribution >= 4 is 11.9 Å². The third-order valence-corrected chi connectivity index (χ3v) is 2.90. The highest BCUT2D eigenvalue weighted by molar-refractivity contribution is 5.86. The Morgan fingerprint density at radius 1 is 1.73 bits per heavy atom. The SMILES string of the molecule is CCC(C)N1CCNC(=O)C1CC(=O)O. The lowest BCUT2D eigenvalue weighted by molar-refractivity contribution is -0.143. The van der Waals surface area contributed by atoms with Crippen LogP contribution in [0.4, 0.5) is 0 Å². The number of rotatable bonds is 4. The summed E-state index contributed by atoms with van der Waals surface area (Å²) in [5, 5.41) is 11.5. The number of carbonyl (C=O) groups excluding carboxylic acids is 1. The molecule has 0 aromatic carbocycles. The van der Waals surface area contributed by atoms with Crippen molar-refractivity contribution in [2.75, 3.05) is 13.1 Å². The predicted molar refractivity (Wildman–Crippen MR) is 55.5 cm³/mol. The van der Waals surface area contributed by atoms with Crippen LogP contribution < -0.4 is 5.32 Å². The zero-order valence-corrected chi connectivity index (χ0v) is 9.19. The second-order valence-electron chi connectivity index (χ2n) is 3.90. The van der Waals surface area contributed by atoms with E-state index in [1.807, 2.05) is 18.7 Å². The third-order valence-electron chi connectivity index (χ3n) is 2.90. The van der Waals surface area contributed by atoms with Gasteiger partial charge in [0.2, 0.25) is 5.91 Å². The zero-order chi connectivity index (χ0) is 11.4. The first-order valence-corrected chi connectivity index (χ1v) is 5.31. The molecular formula is C10H18N2O3. The topological polar surface area (TPSA) is 69.6 Å². The molecule has 86 valence electrons. The standard InChI is InChI=1S/C10H18N2O3/c1-3-7(2)12-5-4-11-10(15)8(12)6-9(13)14/h7-8H,3-6H2,1-2H3,(H,11,15)(H,13,14). The van der Waals surface area contributed by atoms with Gasteiger partial charge in [-0.15, -0.1) is 0 Å². The number of carboxylic acid groups (broad SMARTS) is 1. The van der Waals surface area contributed by atoms with Gasteiger partial charge in [0.1, 0.15) is 0 Å². The van der Waals surface area contributed by atoms with Crippen LogP contribution in [0.2, 0.25) is 0 Å². The van der Waals surface area contributed by atoms with Crippen LogP contribution in [0.25, 0.3) is 0 Å². The average Bonchev–Trinajstić information content (AvgIpc) is 2.19. The van der Waals surface area contributed by atoms with Crippen molar-refractivity contribution in [3.63, 3.8) is 0 Å². The van der Waals surface area contributed by atoms with E-state index in [-0.39, 0.29) is 18.4 Å². The lowest BCUT2D eigenvalue weighted by atomic mass is 10.1. The lowest BCUT2D eigenvalue weighted by Crippen LogP contribution is -2.58. The summed E-state index contributed by atoms with van der Waals surface area (Å²) in [5.74, 6) is -1.09. The van der Waals surface area contributed by atoms with Gasteiger partial charge in [-0.3, -0.25) is 14.5 Å². The maximum Gasteiger partial charge on any atom is 0.305 e. The van der Waals surface area contributed by atoms with Crippen molar-refractivity contribution in [1.82, 2.24) is 10.2 Å². The molecule has 5 heteroatoms. The maximum atomic E-state index is 11.5. The van der Waals surface area contributed by atoms with Gasteiger partial charge in [-0.05, 0) is 13.3 Å². The smallest absolute Gasteiger partial charge is 0.305 e. The number of nitrogens with one attached hydrogen (secondary N) is 1. The molecule has 0 aliphatic carbocycles. The fourth-order valence-electron chi connectivity index (χ4n) is 1.87. The highest BCUT2D eigenvalue weighted by Gasteiger charge is 2.33. The van der Waals surface area contributed by atoms with Gasteiger partial charge in [0.05, 0.1) is 12.5 Å². The van der Waals surface area contributed by atoms with Crippen LogP contribution in [0.5, 0.6) is 0 Å². The summed E-state index contributed by atoms with van der Waals surface area (Å²) in [6, 6.07) is -0.258. The molecule has 0 aromatic heterocycles. The molecule has 0 aromatic rings. The molecule has 0 saturated carbocycles. The molecule has 2 atom stereocenters. The Labute approximate surface area is 89.4 Å². The van der Waals surface area contributed by atoms with Gasteiger partial charge in [-0.25, -0.2) is 0 Å². The molecule has 2 unspecified atom stereocenters. The molecule has 1 fully saturated rings. The van der Waals surface area contributed by atoms with Crippen molar-refractivity contribution in [3.8, 4) is 0 Å². The molecule has 1 aliphatic heterocycles. The summed E-state index contributed by atoms with van der Waals surface area (Å²) in [7, 11) is 0. The number of carbonyl (C=O) groups is 2. The Balaban J connectivity index is 2.72. The number of nitrogens with zero attached hydrogens (tertiary/aromatic N) is 1. The van der Waals surface area contributed by atoms with E-state index in [1.54, 1.807) is 0 Å². The minimum atomic E-state index is -0.926. The summed E-state index contributed by atoms with van der Waals surface area (Å²) in [4.78, 5) is 24.2. The van der Waals surface area contributed by atoms with E-state index < -0.39 is 12.0 Å². The molecule has 15 heavy (non-hydrogen) atoms. The fourth-order valence-corrected chi connectivity index (χ4v) is 1.87. The first-order valence-electron chi connectivity index (χ1n) is 5.31. The minimum Gasteiger partial charge on any atom is -0.481 e. The van der Waals surface area contributed by atoms with Crippen LogP contribution in [0.15, 0.2) is 0 Å². The molecule has 1 rings (SSSR count). The molecular weight excluding hydrogens is 196 g/mol. The molecule has 0 radical (unpaired) electrons. The average molecular weight is 214 g/mol. The van der Waals surface area contributed by atoms with Crippen LogP contribution in [-0.4, -0.2) is 47.1 Å². The molecule has 2 N–H and O–H groups in total. The van der Waals surface area contributed by atoms with Crippen LogP contribution in [0.1, 0.15) is 26.7 Å². The maximum absolute atomic E-state index is 11.5. The second kappa shape index (κ2) is 5.11. The fraction of sp³-hybridized carbons (Fsp3) is 0.800. The van der Waals surface area contributed by atoms with Crippen molar-refractivity contribution in [3.05, 3.63) is 0 Å². The number of hydrogen-bond acceptors (Lipinski definition) is 3. The predicted octanol–water partition coefficient (Wildman–Crippen LogP) is 0.0600. The largest absolute Gasteiger partial charge is 0.481 e. The molecule has 1 amide bonds. The molecule has 0 spiro atoms. The Hall–Kier alpha value is -1.10. The molecule has 1 saturated heterocycles. The third kappa shape index (κ3) is 2.92. The zero-order valence-electron chi connectivity index (χ0n) is 9.19. The summed E-state index contributed by atoms with van der Waals surface area (Å²) in [6.07, 6.45) is 0.805. The molecule has 0 bridgehead atoms. The van der Waals surface area contributed by atoms with E-state index >= 15 is 0 Å². The number of amides is 1. The van der Waals surface area contributed by atoms with Crippen molar-refractivity contribution in [2.24, 2.45) is 0 Å². The number of piperazine rings is 1. The van der Waals surface area contributed by atoms with Gasteiger partial charge in [-0.1, -0.05) is 6.92 Å². The molecule has 1 aliphatic rings. The summed E-state index contributed by atoms with van der Waals surface area (Å²) in [5.41, 5.74) is 0. The quantitative estimate of drug-likeness (QED) is 0.694. The van der Waals surface area contributed by atoms with Crippen LogP contribution >= 0.6 is 0 Å². The van der Waals surface area contributed by atoms with Crippen molar-refractivity contribution in [1.29, 1.82) is 0 Å². The van der Waals surface area contributed by atoms with E-state index in [2.05, 4.69) is 5.32 Å². The van der Waals surface area contributed by atoms with Crippen molar-refractivity contribution in [2.45, 2.75) is 38.8 Å². The Bertz CT molecular complexity index is 255. The Kier molecular flexibility index (Phi) is 4.08. The first kappa shape index (κ1) is 12.0. The van der Waals surface area contributed by atoms with Gasteiger partial charge in [0.25, 0.3) is 0 Å². The van der Waals surface area contributed by atoms with Gasteiger partial charge < -0.3 is 10.4 Å². The minimum absolute atomic E-state index is 0.115. The highest BCUT2D eigenvalue weighted by Crippen LogP contribution is 2.14. The Morgan fingerprint density at radius 2 is 2.40 bits per heavy atom. The van der Waals surface area contributed by atoms with Crippen LogP contribution in [0, 0.1) is 0 Å². The molecule has 5 nitrogen and oxygen atoms in total. The van der Waals surface area contributed by atoms with Crippen LogP contribution in [0.3, 0.4) is 0 Å². The van der Waals surface area contributed by atoms with Crippen LogP contribution in [-0.2, 0) is 9.59 Å². The van der Waals surface area contributed by atoms with E-state index in [0.29, 0.717) is 6.54 Å². The van der Waals surface area contributed by atoms with E-state index in [4.69, 9.17) is 5.11 Å². The summed E-state index contributed by atoms with van der Waals surface area (Å²) in [6.45, 7) is 5.40. The first-order chi connectivity index (χ1) is 7.06. The van der Waals surface area contributed by atoms with E-state index in [9.17, 15) is 9.59 Å². The second-order valence-corrected chi connectivity index (χ2v) is 3.90. The Morgan fingerprint density at radius 3 is 2.93 bits per heavy atom. The van der Waals surface area contributed by atoms with Gasteiger partial charge in [0, 0.05) is 19.1 Å². The summed E-state index contributed by atoms with van der Waals surface area (Å²) < 4.78 is 0. The van der Waals surface area contributed by atoms with Crippen molar-refractivity contribution < 1.29 is 14.7 Å². The number of aliphatic carboxylic acids is 1. The summed E-state index contributed by atoms with van der Waals surface area (Å²) >= 11 is 0. The monoisotopic (exact) mass is 214 g/mol. The number of carboxylic acids is 1. The number of hydrogen-bond donors (Lipinski definition) is 2. The van der Waals surface area contributed by atoms with Gasteiger partial charge in [0.15, 0.2) is 0 Å². The van der Waals surface area contributed by atoms with E-state index in [1.165, 1.54) is 0 Å².